The van der Waals surface area contributed by atoms with Crippen molar-refractivity contribution in [3.63, 3.8) is 0 Å². The van der Waals surface area contributed by atoms with Crippen LogP contribution in [0.3, 0.4) is 0 Å². The molecule has 0 unspecified atom stereocenters. The van der Waals surface area contributed by atoms with E-state index in [0.717, 1.165) is 55.2 Å². The molecule has 0 spiro atoms. The van der Waals surface area contributed by atoms with E-state index in [1.807, 2.05) is 6.07 Å². The van der Waals surface area contributed by atoms with Gasteiger partial charge in [-0.15, -0.1) is 0 Å². The standard InChI is InChI=1S/C23H32FN3O2/c1-15(2)25-23-18-7-4-6-17(18)19-12-21(28-3)22(13-20(19)26-23)29-11-5-9-27-10-8-16(24)14-27/h12-13,15-16H,4-11,14H2,1-3H3,(H,25,26)/t16-/m1/s1. The summed E-state index contributed by atoms with van der Waals surface area (Å²) < 4.78 is 25.0. The zero-order chi connectivity index (χ0) is 20.4. The molecule has 2 aromatic rings. The molecular formula is C23H32FN3O2. The highest BCUT2D eigenvalue weighted by Gasteiger charge is 2.23. The zero-order valence-electron chi connectivity index (χ0n) is 17.8. The Morgan fingerprint density at radius 2 is 2.07 bits per heavy atom. The molecule has 0 saturated carbocycles. The minimum Gasteiger partial charge on any atom is -0.493 e. The molecule has 0 amide bonds. The number of methoxy groups -OCH3 is 1. The largest absolute Gasteiger partial charge is 0.493 e. The molecule has 1 aromatic heterocycles. The fourth-order valence-corrected chi connectivity index (χ4v) is 4.50. The van der Waals surface area contributed by atoms with Gasteiger partial charge in [-0.1, -0.05) is 0 Å². The highest BCUT2D eigenvalue weighted by molar-refractivity contribution is 5.89. The molecule has 0 bridgehead atoms. The van der Waals surface area contributed by atoms with Gasteiger partial charge >= 0.3 is 0 Å². The van der Waals surface area contributed by atoms with Crippen LogP contribution in [0.2, 0.25) is 0 Å². The number of nitrogens with one attached hydrogen (secondary N) is 1. The van der Waals surface area contributed by atoms with E-state index in [1.54, 1.807) is 7.11 Å². The van der Waals surface area contributed by atoms with E-state index in [9.17, 15) is 4.39 Å². The van der Waals surface area contributed by atoms with Gasteiger partial charge < -0.3 is 19.7 Å². The summed E-state index contributed by atoms with van der Waals surface area (Å²) in [6.45, 7) is 7.13. The van der Waals surface area contributed by atoms with E-state index >= 15 is 0 Å². The Labute approximate surface area is 172 Å². The number of benzene rings is 1. The molecule has 1 aliphatic carbocycles. The molecule has 1 fully saturated rings. The second kappa shape index (κ2) is 8.74. The quantitative estimate of drug-likeness (QED) is 0.666. The van der Waals surface area contributed by atoms with Gasteiger partial charge in [-0.05, 0) is 63.1 Å². The average molecular weight is 402 g/mol. The van der Waals surface area contributed by atoms with Crippen molar-refractivity contribution in [2.24, 2.45) is 0 Å². The van der Waals surface area contributed by atoms with Crippen molar-refractivity contribution >= 4 is 16.7 Å². The number of anilines is 1. The zero-order valence-corrected chi connectivity index (χ0v) is 17.8. The fourth-order valence-electron chi connectivity index (χ4n) is 4.50. The van der Waals surface area contributed by atoms with Crippen molar-refractivity contribution < 1.29 is 13.9 Å². The number of rotatable bonds is 8. The summed E-state index contributed by atoms with van der Waals surface area (Å²) in [6, 6.07) is 4.43. The molecule has 1 aromatic carbocycles. The first-order valence-electron chi connectivity index (χ1n) is 10.8. The van der Waals surface area contributed by atoms with Crippen molar-refractivity contribution in [3.8, 4) is 11.5 Å². The van der Waals surface area contributed by atoms with Gasteiger partial charge in [-0.2, -0.15) is 0 Å². The van der Waals surface area contributed by atoms with E-state index in [2.05, 4.69) is 30.1 Å². The predicted molar refractivity (Wildman–Crippen MR) is 115 cm³/mol. The van der Waals surface area contributed by atoms with E-state index in [-0.39, 0.29) is 0 Å². The van der Waals surface area contributed by atoms with Gasteiger partial charge in [-0.3, -0.25) is 0 Å². The van der Waals surface area contributed by atoms with Crippen LogP contribution in [0, 0.1) is 0 Å². The number of alkyl halides is 1. The summed E-state index contributed by atoms with van der Waals surface area (Å²) in [7, 11) is 1.68. The molecule has 0 radical (unpaired) electrons. The van der Waals surface area contributed by atoms with Crippen molar-refractivity contribution in [3.05, 3.63) is 23.3 Å². The maximum Gasteiger partial charge on any atom is 0.163 e. The molecule has 2 aliphatic rings. The highest BCUT2D eigenvalue weighted by Crippen LogP contribution is 2.39. The van der Waals surface area contributed by atoms with Crippen LogP contribution in [0.5, 0.6) is 11.5 Å². The number of aromatic nitrogens is 1. The third-order valence-electron chi connectivity index (χ3n) is 5.86. The van der Waals surface area contributed by atoms with Gasteiger partial charge in [0.15, 0.2) is 11.5 Å². The molecule has 158 valence electrons. The highest BCUT2D eigenvalue weighted by atomic mass is 19.1. The number of hydrogen-bond donors (Lipinski definition) is 1. The molecule has 1 atom stereocenters. The van der Waals surface area contributed by atoms with Gasteiger partial charge in [0.2, 0.25) is 0 Å². The topological polar surface area (TPSA) is 46.6 Å². The number of nitrogens with zero attached hydrogens (tertiary/aromatic N) is 2. The average Bonchev–Trinajstić information content (AvgIpc) is 3.34. The molecule has 29 heavy (non-hydrogen) atoms. The number of likely N-dealkylation sites (tertiary alicyclic amines) is 1. The third kappa shape index (κ3) is 4.42. The van der Waals surface area contributed by atoms with Crippen LogP contribution in [0.15, 0.2) is 12.1 Å². The summed E-state index contributed by atoms with van der Waals surface area (Å²) in [5, 5.41) is 4.68. The fraction of sp³-hybridized carbons (Fsp3) is 0.609. The Bertz CT molecular complexity index is 871. The number of ether oxygens (including phenoxy) is 2. The van der Waals surface area contributed by atoms with Crippen LogP contribution in [0.1, 0.15) is 44.2 Å². The SMILES string of the molecule is COc1cc2c3c(c(NC(C)C)nc2cc1OCCCN1CC[C@@H](F)C1)CCC3. The summed E-state index contributed by atoms with van der Waals surface area (Å²) in [6.07, 6.45) is 4.17. The summed E-state index contributed by atoms with van der Waals surface area (Å²) >= 11 is 0. The first-order chi connectivity index (χ1) is 14.0. The van der Waals surface area contributed by atoms with Crippen LogP contribution in [-0.4, -0.2) is 55.4 Å². The molecule has 1 saturated heterocycles. The number of fused-ring (bicyclic) bond motifs is 3. The Balaban J connectivity index is 1.53. The van der Waals surface area contributed by atoms with Crippen LogP contribution < -0.4 is 14.8 Å². The minimum absolute atomic E-state index is 0.341. The molecule has 5 nitrogen and oxygen atoms in total. The smallest absolute Gasteiger partial charge is 0.163 e. The third-order valence-corrected chi connectivity index (χ3v) is 5.86. The van der Waals surface area contributed by atoms with Gasteiger partial charge in [-0.25, -0.2) is 9.37 Å². The van der Waals surface area contributed by atoms with Gasteiger partial charge in [0.1, 0.15) is 12.0 Å². The lowest BCUT2D eigenvalue weighted by Gasteiger charge is -2.18. The van der Waals surface area contributed by atoms with E-state index < -0.39 is 6.17 Å². The molecule has 1 aliphatic heterocycles. The maximum atomic E-state index is 13.3. The molecule has 2 heterocycles. The van der Waals surface area contributed by atoms with Crippen molar-refractivity contribution in [2.75, 3.05) is 38.7 Å². The second-order valence-corrected chi connectivity index (χ2v) is 8.48. The number of halogens is 1. The summed E-state index contributed by atoms with van der Waals surface area (Å²) in [5.41, 5.74) is 3.68. The first kappa shape index (κ1) is 20.2. The molecular weight excluding hydrogens is 369 g/mol. The van der Waals surface area contributed by atoms with Gasteiger partial charge in [0.25, 0.3) is 0 Å². The van der Waals surface area contributed by atoms with Gasteiger partial charge in [0.05, 0.1) is 19.2 Å². The lowest BCUT2D eigenvalue weighted by Crippen LogP contribution is -2.23. The maximum absolute atomic E-state index is 13.3. The lowest BCUT2D eigenvalue weighted by molar-refractivity contribution is 0.243. The van der Waals surface area contributed by atoms with Crippen molar-refractivity contribution in [1.82, 2.24) is 9.88 Å². The van der Waals surface area contributed by atoms with Crippen LogP contribution in [0.4, 0.5) is 10.2 Å². The summed E-state index contributed by atoms with van der Waals surface area (Å²) in [4.78, 5) is 7.09. The Morgan fingerprint density at radius 3 is 2.79 bits per heavy atom. The number of hydrogen-bond acceptors (Lipinski definition) is 5. The second-order valence-electron chi connectivity index (χ2n) is 8.48. The van der Waals surface area contributed by atoms with Crippen LogP contribution >= 0.6 is 0 Å². The number of aryl methyl sites for hydroxylation is 1. The van der Waals surface area contributed by atoms with Crippen LogP contribution in [-0.2, 0) is 12.8 Å². The summed E-state index contributed by atoms with van der Waals surface area (Å²) in [5.74, 6) is 2.49. The van der Waals surface area contributed by atoms with E-state index in [1.165, 1.54) is 22.9 Å². The van der Waals surface area contributed by atoms with Gasteiger partial charge in [0, 0.05) is 37.1 Å². The predicted octanol–water partition coefficient (Wildman–Crippen LogP) is 4.37. The first-order valence-corrected chi connectivity index (χ1v) is 10.8. The monoisotopic (exact) mass is 401 g/mol. The Morgan fingerprint density at radius 1 is 1.24 bits per heavy atom. The minimum atomic E-state index is -0.669. The van der Waals surface area contributed by atoms with E-state index in [0.29, 0.717) is 25.6 Å². The molecule has 4 rings (SSSR count). The lowest BCUT2D eigenvalue weighted by atomic mass is 10.0. The van der Waals surface area contributed by atoms with Crippen molar-refractivity contribution in [2.45, 2.75) is 58.2 Å². The molecule has 6 heteroatoms. The van der Waals surface area contributed by atoms with E-state index in [4.69, 9.17) is 14.5 Å². The molecule has 1 N–H and O–H groups in total. The number of pyridine rings is 1. The Kier molecular flexibility index (Phi) is 6.09. The van der Waals surface area contributed by atoms with Crippen molar-refractivity contribution in [1.29, 1.82) is 0 Å². The van der Waals surface area contributed by atoms with Crippen LogP contribution in [0.25, 0.3) is 10.9 Å². The Hall–Kier alpha value is -2.08. The normalized spacial score (nSPS) is 19.1.